The second-order valence-electron chi connectivity index (χ2n) is 9.63. The molecule has 42 heavy (non-hydrogen) atoms. The average Bonchev–Trinajstić information content (AvgIpc) is 3.03. The first-order valence-electron chi connectivity index (χ1n) is 13.7. The zero-order valence-corrected chi connectivity index (χ0v) is 24.5. The maximum atomic E-state index is 14.3. The number of sulfonamides is 1. The number of anilines is 1. The van der Waals surface area contributed by atoms with Gasteiger partial charge in [0.1, 0.15) is 18.3 Å². The zero-order valence-electron chi connectivity index (χ0n) is 23.7. The monoisotopic (exact) mass is 585 g/mol. The number of para-hydroxylation sites is 1. The number of carbonyl (C=O) groups excluding carboxylic acids is 2. The number of ether oxygens (including phenoxy) is 1. The van der Waals surface area contributed by atoms with Crippen LogP contribution in [0.15, 0.2) is 120 Å². The molecule has 218 valence electrons. The fourth-order valence-electron chi connectivity index (χ4n) is 4.66. The van der Waals surface area contributed by atoms with Gasteiger partial charge in [0.25, 0.3) is 10.0 Å². The number of amides is 2. The van der Waals surface area contributed by atoms with E-state index in [4.69, 9.17) is 4.74 Å². The van der Waals surface area contributed by atoms with E-state index in [-0.39, 0.29) is 23.8 Å². The molecule has 0 radical (unpaired) electrons. The Kier molecular flexibility index (Phi) is 10.3. The van der Waals surface area contributed by atoms with Crippen molar-refractivity contribution in [1.82, 2.24) is 10.2 Å². The molecule has 4 aromatic rings. The molecule has 0 saturated heterocycles. The predicted molar refractivity (Wildman–Crippen MR) is 164 cm³/mol. The Balaban J connectivity index is 1.78. The molecular formula is C33H35N3O5S. The fourth-order valence-corrected chi connectivity index (χ4v) is 6.09. The summed E-state index contributed by atoms with van der Waals surface area (Å²) in [6, 6.07) is 32.3. The summed E-state index contributed by atoms with van der Waals surface area (Å²) in [4.78, 5) is 29.4. The lowest BCUT2D eigenvalue weighted by Crippen LogP contribution is -2.53. The van der Waals surface area contributed by atoms with Crippen molar-refractivity contribution < 1.29 is 22.7 Å². The molecule has 0 spiro atoms. The topological polar surface area (TPSA) is 96.0 Å². The van der Waals surface area contributed by atoms with Crippen molar-refractivity contribution in [2.45, 2.75) is 30.8 Å². The van der Waals surface area contributed by atoms with Crippen LogP contribution in [0.2, 0.25) is 0 Å². The lowest BCUT2D eigenvalue weighted by atomic mass is 10.0. The van der Waals surface area contributed by atoms with Crippen LogP contribution in [0.4, 0.5) is 5.69 Å². The first-order chi connectivity index (χ1) is 20.3. The van der Waals surface area contributed by atoms with Crippen LogP contribution >= 0.6 is 0 Å². The van der Waals surface area contributed by atoms with Crippen molar-refractivity contribution in [3.05, 3.63) is 126 Å². The highest BCUT2D eigenvalue weighted by Gasteiger charge is 2.34. The molecule has 0 fully saturated rings. The first-order valence-corrected chi connectivity index (χ1v) is 15.1. The molecule has 1 unspecified atom stereocenters. The third-order valence-electron chi connectivity index (χ3n) is 6.76. The highest BCUT2D eigenvalue weighted by Crippen LogP contribution is 2.25. The summed E-state index contributed by atoms with van der Waals surface area (Å²) in [7, 11) is -2.56. The van der Waals surface area contributed by atoms with E-state index in [1.165, 1.54) is 17.0 Å². The van der Waals surface area contributed by atoms with Gasteiger partial charge in [-0.3, -0.25) is 13.9 Å². The summed E-state index contributed by atoms with van der Waals surface area (Å²) >= 11 is 0. The van der Waals surface area contributed by atoms with Crippen LogP contribution in [0.1, 0.15) is 18.1 Å². The van der Waals surface area contributed by atoms with E-state index in [1.54, 1.807) is 67.8 Å². The molecule has 1 atom stereocenters. The molecule has 0 heterocycles. The summed E-state index contributed by atoms with van der Waals surface area (Å²) in [5.41, 5.74) is 1.95. The fraction of sp³-hybridized carbons (Fsp3) is 0.212. The first kappa shape index (κ1) is 30.3. The molecule has 8 nitrogen and oxygen atoms in total. The minimum atomic E-state index is -4.12. The van der Waals surface area contributed by atoms with Gasteiger partial charge in [-0.2, -0.15) is 0 Å². The van der Waals surface area contributed by atoms with Gasteiger partial charge < -0.3 is 15.0 Å². The summed E-state index contributed by atoms with van der Waals surface area (Å²) in [6.07, 6.45) is 0.249. The van der Waals surface area contributed by atoms with Crippen molar-refractivity contribution in [3.63, 3.8) is 0 Å². The summed E-state index contributed by atoms with van der Waals surface area (Å²) < 4.78 is 34.3. The Morgan fingerprint density at radius 3 is 2.02 bits per heavy atom. The number of carbonyl (C=O) groups is 2. The summed E-state index contributed by atoms with van der Waals surface area (Å²) in [6.45, 7) is 1.76. The SMILES string of the molecule is CCNC(=O)C(Cc1ccccc1)N(Cc1cccc(OC)c1)C(=O)CN(c1ccccc1)S(=O)(=O)c1ccccc1. The second kappa shape index (κ2) is 14.3. The molecule has 0 aromatic heterocycles. The number of likely N-dealkylation sites (N-methyl/N-ethyl adjacent to an activating group) is 1. The van der Waals surface area contributed by atoms with E-state index in [0.29, 0.717) is 18.0 Å². The quantitative estimate of drug-likeness (QED) is 0.246. The second-order valence-corrected chi connectivity index (χ2v) is 11.5. The van der Waals surface area contributed by atoms with Crippen molar-refractivity contribution in [1.29, 1.82) is 0 Å². The molecule has 0 saturated carbocycles. The third-order valence-corrected chi connectivity index (χ3v) is 8.55. The maximum absolute atomic E-state index is 14.3. The number of rotatable bonds is 13. The zero-order chi connectivity index (χ0) is 30.0. The Morgan fingerprint density at radius 1 is 0.810 bits per heavy atom. The minimum absolute atomic E-state index is 0.0607. The number of methoxy groups -OCH3 is 1. The molecule has 9 heteroatoms. The summed E-state index contributed by atoms with van der Waals surface area (Å²) in [5, 5.41) is 2.86. The summed E-state index contributed by atoms with van der Waals surface area (Å²) in [5.74, 6) is -0.238. The maximum Gasteiger partial charge on any atom is 0.264 e. The van der Waals surface area contributed by atoms with E-state index in [9.17, 15) is 18.0 Å². The molecule has 0 aliphatic carbocycles. The van der Waals surface area contributed by atoms with Crippen LogP contribution in [0, 0.1) is 0 Å². The van der Waals surface area contributed by atoms with Gasteiger partial charge in [0.2, 0.25) is 11.8 Å². The van der Waals surface area contributed by atoms with Gasteiger partial charge >= 0.3 is 0 Å². The lowest BCUT2D eigenvalue weighted by Gasteiger charge is -2.33. The number of hydrogen-bond donors (Lipinski definition) is 1. The minimum Gasteiger partial charge on any atom is -0.497 e. The number of nitrogens with one attached hydrogen (secondary N) is 1. The molecular weight excluding hydrogens is 550 g/mol. The number of nitrogens with zero attached hydrogens (tertiary/aromatic N) is 2. The molecule has 0 bridgehead atoms. The van der Waals surface area contributed by atoms with Crippen LogP contribution in [0.5, 0.6) is 5.75 Å². The normalized spacial score (nSPS) is 11.8. The van der Waals surface area contributed by atoms with E-state index in [2.05, 4.69) is 5.32 Å². The Morgan fingerprint density at radius 2 is 1.40 bits per heavy atom. The highest BCUT2D eigenvalue weighted by molar-refractivity contribution is 7.92. The average molecular weight is 586 g/mol. The van der Waals surface area contributed by atoms with Crippen molar-refractivity contribution >= 4 is 27.5 Å². The van der Waals surface area contributed by atoms with Gasteiger partial charge in [0.05, 0.1) is 17.7 Å². The van der Waals surface area contributed by atoms with Crippen LogP contribution in [-0.2, 0) is 32.6 Å². The largest absolute Gasteiger partial charge is 0.497 e. The highest BCUT2D eigenvalue weighted by atomic mass is 32.2. The molecule has 0 aliphatic heterocycles. The van der Waals surface area contributed by atoms with E-state index in [0.717, 1.165) is 15.4 Å². The molecule has 4 rings (SSSR count). The smallest absolute Gasteiger partial charge is 0.264 e. The van der Waals surface area contributed by atoms with Gasteiger partial charge in [-0.25, -0.2) is 8.42 Å². The van der Waals surface area contributed by atoms with Crippen LogP contribution in [0.25, 0.3) is 0 Å². The Bertz CT molecular complexity index is 1570. The van der Waals surface area contributed by atoms with Gasteiger partial charge in [-0.15, -0.1) is 0 Å². The van der Waals surface area contributed by atoms with Crippen molar-refractivity contribution in [2.24, 2.45) is 0 Å². The van der Waals surface area contributed by atoms with Crippen LogP contribution in [0.3, 0.4) is 0 Å². The van der Waals surface area contributed by atoms with Crippen molar-refractivity contribution in [2.75, 3.05) is 24.5 Å². The van der Waals surface area contributed by atoms with E-state index in [1.807, 2.05) is 49.4 Å². The standard InChI is InChI=1S/C33H35N3O5S/c1-3-34-33(38)31(23-26-14-7-4-8-15-26)35(24-27-16-13-19-29(22-27)41-2)32(37)25-36(28-17-9-5-10-18-28)42(39,40)30-20-11-6-12-21-30/h4-22,31H,3,23-25H2,1-2H3,(H,34,38). The van der Waals surface area contributed by atoms with Crippen molar-refractivity contribution in [3.8, 4) is 5.75 Å². The van der Waals surface area contributed by atoms with Crippen LogP contribution in [-0.4, -0.2) is 51.4 Å². The Hall–Kier alpha value is -4.63. The Labute approximate surface area is 247 Å². The molecule has 4 aromatic carbocycles. The van der Waals surface area contributed by atoms with Gasteiger partial charge in [0.15, 0.2) is 0 Å². The van der Waals surface area contributed by atoms with Gasteiger partial charge in [0, 0.05) is 19.5 Å². The van der Waals surface area contributed by atoms with E-state index >= 15 is 0 Å². The number of hydrogen-bond acceptors (Lipinski definition) is 5. The third kappa shape index (κ3) is 7.55. The van der Waals surface area contributed by atoms with Gasteiger partial charge in [-0.05, 0) is 54.4 Å². The molecule has 1 N–H and O–H groups in total. The predicted octanol–water partition coefficient (Wildman–Crippen LogP) is 4.67. The van der Waals surface area contributed by atoms with E-state index < -0.39 is 28.5 Å². The molecule has 0 aliphatic rings. The van der Waals surface area contributed by atoms with Crippen LogP contribution < -0.4 is 14.4 Å². The molecule has 2 amide bonds. The number of benzene rings is 4. The van der Waals surface area contributed by atoms with Gasteiger partial charge in [-0.1, -0.05) is 78.9 Å². The lowest BCUT2D eigenvalue weighted by molar-refractivity contribution is -0.140.